The number of nitrogens with zero attached hydrogens (tertiary/aromatic N) is 6. The van der Waals surface area contributed by atoms with E-state index in [0.29, 0.717) is 31.0 Å². The van der Waals surface area contributed by atoms with E-state index in [9.17, 15) is 14.7 Å². The quantitative estimate of drug-likeness (QED) is 0.453. The highest BCUT2D eigenvalue weighted by Gasteiger charge is 2.28. The van der Waals surface area contributed by atoms with Gasteiger partial charge < -0.3 is 14.9 Å². The summed E-state index contributed by atoms with van der Waals surface area (Å²) in [4.78, 5) is 37.9. The second-order valence-electron chi connectivity index (χ2n) is 9.81. The largest absolute Gasteiger partial charge is 0.387 e. The molecule has 1 N–H and O–H groups in total. The van der Waals surface area contributed by atoms with Gasteiger partial charge >= 0.3 is 0 Å². The third-order valence-corrected chi connectivity index (χ3v) is 7.32. The molecular formula is C28H32N6O3. The van der Waals surface area contributed by atoms with Crippen molar-refractivity contribution >= 4 is 22.8 Å². The number of carbonyl (C=O) groups excluding carboxylic acids is 1. The molecule has 0 bridgehead atoms. The van der Waals surface area contributed by atoms with Crippen LogP contribution in [0.15, 0.2) is 59.7 Å². The molecule has 2 aromatic heterocycles. The molecule has 0 saturated carbocycles. The van der Waals surface area contributed by atoms with E-state index in [2.05, 4.69) is 46.9 Å². The number of amides is 1. The van der Waals surface area contributed by atoms with Gasteiger partial charge in [0.25, 0.3) is 5.56 Å². The second-order valence-corrected chi connectivity index (χ2v) is 9.81. The maximum Gasteiger partial charge on any atom is 0.274 e. The number of aliphatic hydroxyl groups is 1. The van der Waals surface area contributed by atoms with Gasteiger partial charge in [0.2, 0.25) is 11.9 Å². The van der Waals surface area contributed by atoms with Crippen LogP contribution in [0.4, 0.5) is 5.95 Å². The molecule has 4 aromatic rings. The molecule has 0 spiro atoms. The zero-order valence-electron chi connectivity index (χ0n) is 21.6. The number of anilines is 1. The van der Waals surface area contributed by atoms with Crippen LogP contribution in [0.5, 0.6) is 0 Å². The number of aromatic nitrogens is 4. The van der Waals surface area contributed by atoms with Crippen molar-refractivity contribution in [3.8, 4) is 11.1 Å². The van der Waals surface area contributed by atoms with Gasteiger partial charge in [0.15, 0.2) is 0 Å². The Morgan fingerprint density at radius 3 is 2.54 bits per heavy atom. The lowest BCUT2D eigenvalue weighted by molar-refractivity contribution is -0.136. The predicted octanol–water partition coefficient (Wildman–Crippen LogP) is 2.74. The van der Waals surface area contributed by atoms with Crippen LogP contribution in [-0.4, -0.2) is 67.5 Å². The van der Waals surface area contributed by atoms with Gasteiger partial charge in [-0.05, 0) is 44.0 Å². The Labute approximate surface area is 215 Å². The number of carbonyl (C=O) groups is 1. The molecule has 1 saturated heterocycles. The third-order valence-electron chi connectivity index (χ3n) is 7.32. The van der Waals surface area contributed by atoms with Gasteiger partial charge in [-0.1, -0.05) is 35.9 Å². The highest BCUT2D eigenvalue weighted by atomic mass is 16.3. The standard InChI is InChI=1S/C28H32N6O3/c1-18-6-5-7-21(12-18)20(3)34-25-13-22(8-9-24(25)27(37)31(34)4)23-14-29-28(30-15-23)32-10-11-33(19(2)16-32)26(36)17-35/h5-9,12-15,19-20,35H,10-11,16-17H2,1-4H3/t19?,20-/m0/s1. The molecule has 1 unspecified atom stereocenters. The number of aryl methyl sites for hydroxylation is 1. The number of rotatable bonds is 5. The summed E-state index contributed by atoms with van der Waals surface area (Å²) in [5.74, 6) is 0.354. The van der Waals surface area contributed by atoms with Crippen LogP contribution in [0.25, 0.3) is 22.0 Å². The molecule has 9 nitrogen and oxygen atoms in total. The third kappa shape index (κ3) is 4.51. The molecule has 3 heterocycles. The summed E-state index contributed by atoms with van der Waals surface area (Å²) in [6, 6.07) is 14.1. The van der Waals surface area contributed by atoms with E-state index in [4.69, 9.17) is 0 Å². The molecule has 1 aliphatic rings. The van der Waals surface area contributed by atoms with Crippen molar-refractivity contribution in [3.05, 3.63) is 76.3 Å². The Morgan fingerprint density at radius 2 is 1.86 bits per heavy atom. The van der Waals surface area contributed by atoms with Crippen molar-refractivity contribution in [1.29, 1.82) is 0 Å². The van der Waals surface area contributed by atoms with E-state index in [1.165, 1.54) is 5.56 Å². The van der Waals surface area contributed by atoms with Crippen molar-refractivity contribution in [2.24, 2.45) is 7.05 Å². The zero-order chi connectivity index (χ0) is 26.3. The van der Waals surface area contributed by atoms with E-state index in [1.807, 2.05) is 35.9 Å². The molecule has 2 aromatic carbocycles. The summed E-state index contributed by atoms with van der Waals surface area (Å²) in [5.41, 5.74) is 4.95. The number of piperazine rings is 1. The first kappa shape index (κ1) is 24.7. The van der Waals surface area contributed by atoms with E-state index in [1.54, 1.807) is 29.0 Å². The van der Waals surface area contributed by atoms with Crippen molar-refractivity contribution in [1.82, 2.24) is 24.2 Å². The predicted molar refractivity (Wildman–Crippen MR) is 144 cm³/mol. The van der Waals surface area contributed by atoms with E-state index in [-0.39, 0.29) is 23.6 Å². The first-order chi connectivity index (χ1) is 17.8. The van der Waals surface area contributed by atoms with Crippen LogP contribution in [0.3, 0.4) is 0 Å². The van der Waals surface area contributed by atoms with Crippen molar-refractivity contribution < 1.29 is 9.90 Å². The summed E-state index contributed by atoms with van der Waals surface area (Å²) >= 11 is 0. The Morgan fingerprint density at radius 1 is 1.11 bits per heavy atom. The van der Waals surface area contributed by atoms with Crippen LogP contribution in [-0.2, 0) is 11.8 Å². The summed E-state index contributed by atoms with van der Waals surface area (Å²) in [6.45, 7) is 7.39. The molecule has 5 rings (SSSR count). The molecule has 1 fully saturated rings. The molecule has 37 heavy (non-hydrogen) atoms. The lowest BCUT2D eigenvalue weighted by atomic mass is 10.0. The molecule has 192 valence electrons. The van der Waals surface area contributed by atoms with E-state index >= 15 is 0 Å². The van der Waals surface area contributed by atoms with Crippen LogP contribution in [0.1, 0.15) is 31.0 Å². The van der Waals surface area contributed by atoms with Gasteiger partial charge in [0.05, 0.1) is 16.9 Å². The smallest absolute Gasteiger partial charge is 0.274 e. The Balaban J connectivity index is 1.44. The fraction of sp³-hybridized carbons (Fsp3) is 0.357. The normalized spacial score (nSPS) is 16.8. The minimum Gasteiger partial charge on any atom is -0.387 e. The number of hydrogen-bond acceptors (Lipinski definition) is 6. The van der Waals surface area contributed by atoms with Crippen LogP contribution in [0, 0.1) is 6.92 Å². The lowest BCUT2D eigenvalue weighted by Crippen LogP contribution is -2.55. The lowest BCUT2D eigenvalue weighted by Gasteiger charge is -2.39. The van der Waals surface area contributed by atoms with Gasteiger partial charge in [0.1, 0.15) is 6.61 Å². The molecular weight excluding hydrogens is 468 g/mol. The monoisotopic (exact) mass is 500 g/mol. The molecule has 0 radical (unpaired) electrons. The van der Waals surface area contributed by atoms with Crippen LogP contribution < -0.4 is 10.5 Å². The fourth-order valence-corrected chi connectivity index (χ4v) is 5.29. The maximum atomic E-state index is 13.0. The number of benzene rings is 2. The number of aliphatic hydroxyl groups excluding tert-OH is 1. The van der Waals surface area contributed by atoms with Gasteiger partial charge in [-0.25, -0.2) is 9.97 Å². The SMILES string of the molecule is Cc1cccc([C@H](C)n2c3cc(-c4cnc(N5CCN(C(=O)CO)C(C)C5)nc4)ccc3c(=O)n2C)c1. The topological polar surface area (TPSA) is 96.5 Å². The Kier molecular flexibility index (Phi) is 6.55. The summed E-state index contributed by atoms with van der Waals surface area (Å²) < 4.78 is 3.73. The number of fused-ring (bicyclic) bond motifs is 1. The average molecular weight is 501 g/mol. The van der Waals surface area contributed by atoms with Crippen molar-refractivity contribution in [3.63, 3.8) is 0 Å². The van der Waals surface area contributed by atoms with Gasteiger partial charge in [-0.3, -0.25) is 19.0 Å². The molecule has 1 amide bonds. The first-order valence-electron chi connectivity index (χ1n) is 12.5. The Hall–Kier alpha value is -3.98. The van der Waals surface area contributed by atoms with E-state index < -0.39 is 6.61 Å². The van der Waals surface area contributed by atoms with Gasteiger partial charge in [0, 0.05) is 50.7 Å². The summed E-state index contributed by atoms with van der Waals surface area (Å²) in [7, 11) is 1.81. The summed E-state index contributed by atoms with van der Waals surface area (Å²) in [5, 5.41) is 9.85. The molecule has 0 aliphatic carbocycles. The van der Waals surface area contributed by atoms with Crippen LogP contribution >= 0.6 is 0 Å². The minimum atomic E-state index is -0.473. The average Bonchev–Trinajstić information content (AvgIpc) is 3.16. The molecule has 2 atom stereocenters. The van der Waals surface area contributed by atoms with E-state index in [0.717, 1.165) is 22.2 Å². The number of hydrogen-bond donors (Lipinski definition) is 1. The summed E-state index contributed by atoms with van der Waals surface area (Å²) in [6.07, 6.45) is 3.60. The molecule has 1 aliphatic heterocycles. The van der Waals surface area contributed by atoms with Crippen molar-refractivity contribution in [2.45, 2.75) is 32.9 Å². The minimum absolute atomic E-state index is 0.0256. The van der Waals surface area contributed by atoms with Gasteiger partial charge in [-0.15, -0.1) is 0 Å². The second kappa shape index (κ2) is 9.82. The van der Waals surface area contributed by atoms with Gasteiger partial charge in [-0.2, -0.15) is 0 Å². The maximum absolute atomic E-state index is 13.0. The highest BCUT2D eigenvalue weighted by molar-refractivity contribution is 5.84. The Bertz CT molecular complexity index is 1510. The molecule has 9 heteroatoms. The fourth-order valence-electron chi connectivity index (χ4n) is 5.29. The highest BCUT2D eigenvalue weighted by Crippen LogP contribution is 2.28. The van der Waals surface area contributed by atoms with Crippen LogP contribution in [0.2, 0.25) is 0 Å². The van der Waals surface area contributed by atoms with Crippen molar-refractivity contribution in [2.75, 3.05) is 31.1 Å². The zero-order valence-corrected chi connectivity index (χ0v) is 21.6. The first-order valence-corrected chi connectivity index (χ1v) is 12.5.